The molecule has 4 rings (SSSR count). The molecular weight excluding hydrogens is 395 g/mol. The summed E-state index contributed by atoms with van der Waals surface area (Å²) in [4.78, 5) is 31.0. The third-order valence-corrected chi connectivity index (χ3v) is 5.57. The van der Waals surface area contributed by atoms with Crippen LogP contribution in [0.4, 0.5) is 4.39 Å². The van der Waals surface area contributed by atoms with Gasteiger partial charge >= 0.3 is 0 Å². The molecule has 0 bridgehead atoms. The quantitative estimate of drug-likeness (QED) is 0.667. The van der Waals surface area contributed by atoms with Crippen LogP contribution in [0.15, 0.2) is 55.1 Å². The van der Waals surface area contributed by atoms with Crippen molar-refractivity contribution in [1.29, 1.82) is 0 Å². The highest BCUT2D eigenvalue weighted by molar-refractivity contribution is 6.27. The number of benzene rings is 1. The van der Waals surface area contributed by atoms with Crippen LogP contribution in [-0.2, 0) is 4.79 Å². The molecule has 2 atom stereocenters. The smallest absolute Gasteiger partial charge is 0.256 e. The molecule has 3 aromatic rings. The zero-order chi connectivity index (χ0) is 20.4. The Morgan fingerprint density at radius 3 is 2.93 bits per heavy atom. The summed E-state index contributed by atoms with van der Waals surface area (Å²) in [7, 11) is 0. The molecule has 0 unspecified atom stereocenters. The van der Waals surface area contributed by atoms with Gasteiger partial charge in [-0.1, -0.05) is 12.1 Å². The summed E-state index contributed by atoms with van der Waals surface area (Å²) in [5.74, 6) is -1.04. The van der Waals surface area contributed by atoms with Gasteiger partial charge in [0.15, 0.2) is 0 Å². The zero-order valence-electron chi connectivity index (χ0n) is 15.6. The average Bonchev–Trinajstić information content (AvgIpc) is 3.22. The molecule has 3 heterocycles. The number of alkyl halides is 1. The minimum Gasteiger partial charge on any atom is -0.350 e. The van der Waals surface area contributed by atoms with Crippen molar-refractivity contribution in [3.63, 3.8) is 0 Å². The molecular formula is C21H20ClFN4O2. The molecule has 1 N–H and O–H groups in total. The van der Waals surface area contributed by atoms with E-state index >= 15 is 0 Å². The van der Waals surface area contributed by atoms with Gasteiger partial charge in [-0.05, 0) is 36.2 Å². The van der Waals surface area contributed by atoms with E-state index in [1.807, 2.05) is 12.3 Å². The lowest BCUT2D eigenvalue weighted by Gasteiger charge is -2.39. The number of rotatable bonds is 4. The lowest BCUT2D eigenvalue weighted by atomic mass is 9.85. The minimum absolute atomic E-state index is 0.104. The zero-order valence-corrected chi connectivity index (χ0v) is 16.3. The van der Waals surface area contributed by atoms with Crippen molar-refractivity contribution in [2.45, 2.75) is 18.4 Å². The van der Waals surface area contributed by atoms with Crippen LogP contribution in [0.25, 0.3) is 5.52 Å². The average molecular weight is 415 g/mol. The molecule has 8 heteroatoms. The van der Waals surface area contributed by atoms with Crippen LogP contribution >= 0.6 is 11.6 Å². The van der Waals surface area contributed by atoms with E-state index < -0.39 is 0 Å². The van der Waals surface area contributed by atoms with Gasteiger partial charge in [0.1, 0.15) is 11.7 Å². The number of amides is 2. The van der Waals surface area contributed by atoms with E-state index in [1.165, 1.54) is 12.1 Å². The maximum Gasteiger partial charge on any atom is 0.256 e. The molecule has 1 aliphatic heterocycles. The largest absolute Gasteiger partial charge is 0.350 e. The molecule has 150 valence electrons. The second-order valence-corrected chi connectivity index (χ2v) is 7.38. The molecule has 1 aliphatic rings. The number of hydrogen-bond donors (Lipinski definition) is 1. The first kappa shape index (κ1) is 19.4. The highest BCUT2D eigenvalue weighted by atomic mass is 35.5. The van der Waals surface area contributed by atoms with Gasteiger partial charge in [-0.15, -0.1) is 11.6 Å². The molecule has 6 nitrogen and oxygen atoms in total. The monoisotopic (exact) mass is 414 g/mol. The third kappa shape index (κ3) is 3.96. The number of aromatic nitrogens is 2. The number of nitrogens with one attached hydrogen (secondary N) is 1. The van der Waals surface area contributed by atoms with Gasteiger partial charge in [-0.25, -0.2) is 9.37 Å². The number of pyridine rings is 1. The highest BCUT2D eigenvalue weighted by Gasteiger charge is 2.34. The summed E-state index contributed by atoms with van der Waals surface area (Å²) in [6.07, 6.45) is 5.73. The molecule has 2 amide bonds. The summed E-state index contributed by atoms with van der Waals surface area (Å²) in [6.45, 7) is 0.820. The topological polar surface area (TPSA) is 66.7 Å². The van der Waals surface area contributed by atoms with Crippen molar-refractivity contribution >= 4 is 28.9 Å². The Bertz CT molecular complexity index is 1050. The lowest BCUT2D eigenvalue weighted by molar-refractivity contribution is -0.119. The van der Waals surface area contributed by atoms with E-state index in [1.54, 1.807) is 40.0 Å². The molecule has 1 fully saturated rings. The van der Waals surface area contributed by atoms with Crippen LogP contribution in [0.3, 0.4) is 0 Å². The Morgan fingerprint density at radius 1 is 1.28 bits per heavy atom. The maximum absolute atomic E-state index is 13.7. The lowest BCUT2D eigenvalue weighted by Crippen LogP contribution is -2.53. The van der Waals surface area contributed by atoms with Crippen molar-refractivity contribution in [2.75, 3.05) is 19.0 Å². The van der Waals surface area contributed by atoms with Crippen molar-refractivity contribution < 1.29 is 14.0 Å². The van der Waals surface area contributed by atoms with Crippen molar-refractivity contribution in [3.05, 3.63) is 72.1 Å². The van der Waals surface area contributed by atoms with Crippen molar-refractivity contribution in [1.82, 2.24) is 19.6 Å². The fourth-order valence-corrected chi connectivity index (χ4v) is 4.04. The summed E-state index contributed by atoms with van der Waals surface area (Å²) in [6, 6.07) is 9.58. The van der Waals surface area contributed by atoms with Crippen molar-refractivity contribution in [2.24, 2.45) is 0 Å². The Kier molecular flexibility index (Phi) is 5.49. The van der Waals surface area contributed by atoms with E-state index in [-0.39, 0.29) is 35.5 Å². The van der Waals surface area contributed by atoms with Crippen LogP contribution in [0.1, 0.15) is 28.3 Å². The fraction of sp³-hybridized carbons (Fsp3) is 0.286. The summed E-state index contributed by atoms with van der Waals surface area (Å²) in [5.41, 5.74) is 2.08. The second-order valence-electron chi connectivity index (χ2n) is 7.12. The molecule has 0 aliphatic carbocycles. The molecule has 0 spiro atoms. The van der Waals surface area contributed by atoms with Gasteiger partial charge in [0.2, 0.25) is 5.91 Å². The predicted octanol–water partition coefficient (Wildman–Crippen LogP) is 2.83. The molecule has 1 saturated heterocycles. The van der Waals surface area contributed by atoms with E-state index in [0.717, 1.165) is 11.1 Å². The predicted molar refractivity (Wildman–Crippen MR) is 108 cm³/mol. The Labute approximate surface area is 172 Å². The van der Waals surface area contributed by atoms with Crippen LogP contribution in [0.5, 0.6) is 0 Å². The summed E-state index contributed by atoms with van der Waals surface area (Å²) >= 11 is 5.68. The second kappa shape index (κ2) is 8.21. The summed E-state index contributed by atoms with van der Waals surface area (Å²) < 4.78 is 15.5. The van der Waals surface area contributed by atoms with E-state index in [2.05, 4.69) is 10.3 Å². The van der Waals surface area contributed by atoms with Gasteiger partial charge in [-0.2, -0.15) is 0 Å². The van der Waals surface area contributed by atoms with Crippen LogP contribution in [0, 0.1) is 5.82 Å². The van der Waals surface area contributed by atoms with E-state index in [9.17, 15) is 14.0 Å². The number of hydrogen-bond acceptors (Lipinski definition) is 3. The number of carbonyl (C=O) groups is 2. The van der Waals surface area contributed by atoms with Gasteiger partial charge in [0.25, 0.3) is 5.91 Å². The molecule has 1 aromatic carbocycles. The first-order chi connectivity index (χ1) is 14.1. The highest BCUT2D eigenvalue weighted by Crippen LogP contribution is 2.30. The first-order valence-corrected chi connectivity index (χ1v) is 9.91. The number of halogens is 2. The Morgan fingerprint density at radius 2 is 2.14 bits per heavy atom. The number of fused-ring (bicyclic) bond motifs is 1. The minimum atomic E-state index is -0.356. The van der Waals surface area contributed by atoms with Crippen LogP contribution in [-0.4, -0.2) is 51.1 Å². The van der Waals surface area contributed by atoms with E-state index in [0.29, 0.717) is 25.1 Å². The Hall–Kier alpha value is -2.93. The normalized spacial score (nSPS) is 19.3. The van der Waals surface area contributed by atoms with Gasteiger partial charge in [-0.3, -0.25) is 9.59 Å². The first-order valence-electron chi connectivity index (χ1n) is 9.37. The van der Waals surface area contributed by atoms with Gasteiger partial charge in [0, 0.05) is 25.2 Å². The number of imidazole rings is 1. The molecule has 0 radical (unpaired) electrons. The Balaban J connectivity index is 1.60. The fourth-order valence-electron chi connectivity index (χ4n) is 3.96. The van der Waals surface area contributed by atoms with Gasteiger partial charge in [0.05, 0.1) is 29.6 Å². The standard InChI is InChI=1S/C21H20ClFN4O2/c22-10-20(28)25-18-12-26(8-6-16(18)14-3-1-4-15(23)9-14)21(29)17-5-2-7-27-13-24-11-19(17)27/h1-5,7,9,11,13,16,18H,6,8,10,12H2,(H,25,28)/t16-,18+/m0/s1. The summed E-state index contributed by atoms with van der Waals surface area (Å²) in [5, 5.41) is 2.90. The number of piperidine rings is 1. The molecule has 0 saturated carbocycles. The maximum atomic E-state index is 13.7. The van der Waals surface area contributed by atoms with Crippen LogP contribution < -0.4 is 5.32 Å². The van der Waals surface area contributed by atoms with Crippen LogP contribution in [0.2, 0.25) is 0 Å². The van der Waals surface area contributed by atoms with Crippen molar-refractivity contribution in [3.8, 4) is 0 Å². The third-order valence-electron chi connectivity index (χ3n) is 5.33. The molecule has 2 aromatic heterocycles. The SMILES string of the molecule is O=C(CCl)N[C@@H]1CN(C(=O)c2cccn3cncc23)CC[C@H]1c1cccc(F)c1. The number of nitrogens with zero attached hydrogens (tertiary/aromatic N) is 3. The van der Waals surface area contributed by atoms with Gasteiger partial charge < -0.3 is 14.6 Å². The number of likely N-dealkylation sites (tertiary alicyclic amines) is 1. The van der Waals surface area contributed by atoms with E-state index in [4.69, 9.17) is 11.6 Å². The number of carbonyl (C=O) groups excluding carboxylic acids is 2. The molecule has 29 heavy (non-hydrogen) atoms.